The van der Waals surface area contributed by atoms with E-state index in [1.54, 1.807) is 0 Å². The monoisotopic (exact) mass is 402 g/mol. The number of aryl methyl sites for hydroxylation is 1. The Morgan fingerprint density at radius 1 is 1.03 bits per heavy atom. The van der Waals surface area contributed by atoms with E-state index in [0.29, 0.717) is 16.8 Å². The number of imidazole rings is 1. The van der Waals surface area contributed by atoms with Crippen molar-refractivity contribution in [3.8, 4) is 11.3 Å². The zero-order valence-corrected chi connectivity index (χ0v) is 17.5. The fourth-order valence-electron chi connectivity index (χ4n) is 4.16. The van der Waals surface area contributed by atoms with Gasteiger partial charge < -0.3 is 18.6 Å². The van der Waals surface area contributed by atoms with Crippen LogP contribution in [0.25, 0.3) is 27.9 Å². The summed E-state index contributed by atoms with van der Waals surface area (Å²) in [5.74, 6) is 0. The summed E-state index contributed by atoms with van der Waals surface area (Å²) in [4.78, 5) is 22.1. The lowest BCUT2D eigenvalue weighted by atomic mass is 10.1. The summed E-state index contributed by atoms with van der Waals surface area (Å²) in [6.45, 7) is 6.26. The molecule has 1 saturated heterocycles. The molecule has 1 fully saturated rings. The number of hydrogen-bond acceptors (Lipinski definition) is 5. The van der Waals surface area contributed by atoms with Crippen LogP contribution in [0.1, 0.15) is 18.9 Å². The highest BCUT2D eigenvalue weighted by atomic mass is 16.4. The summed E-state index contributed by atoms with van der Waals surface area (Å²) in [6.07, 6.45) is 6.04. The van der Waals surface area contributed by atoms with Gasteiger partial charge in [-0.15, -0.1) is 0 Å². The summed E-state index contributed by atoms with van der Waals surface area (Å²) >= 11 is 0. The molecule has 0 bridgehead atoms. The molecule has 5 rings (SSSR count). The van der Waals surface area contributed by atoms with E-state index in [0.717, 1.165) is 55.7 Å². The Balaban J connectivity index is 1.52. The summed E-state index contributed by atoms with van der Waals surface area (Å²) in [6, 6.07) is 12.1. The summed E-state index contributed by atoms with van der Waals surface area (Å²) in [5, 5.41) is 0.909. The van der Waals surface area contributed by atoms with Gasteiger partial charge in [-0.1, -0.05) is 13.0 Å². The molecule has 1 aliphatic rings. The van der Waals surface area contributed by atoms with Crippen LogP contribution < -0.4 is 10.5 Å². The standard InChI is InChI=1S/C24H26N4O2/c1-3-17-5-8-23-25-21(16-28(23)15-17)20-13-18-6-7-19(14-22(18)30-24(20)29)27-10-4-9-26(2)11-12-27/h5-8,13-16H,3-4,9-12H2,1-2H3. The molecule has 6 nitrogen and oxygen atoms in total. The Kier molecular flexibility index (Phi) is 4.79. The van der Waals surface area contributed by atoms with Crippen LogP contribution in [0, 0.1) is 0 Å². The molecule has 0 amide bonds. The second-order valence-electron chi connectivity index (χ2n) is 8.10. The first kappa shape index (κ1) is 18.9. The number of anilines is 1. The highest BCUT2D eigenvalue weighted by Gasteiger charge is 2.15. The van der Waals surface area contributed by atoms with Gasteiger partial charge in [-0.05, 0) is 56.3 Å². The first-order chi connectivity index (χ1) is 14.6. The lowest BCUT2D eigenvalue weighted by Gasteiger charge is -2.22. The molecule has 1 aromatic carbocycles. The number of nitrogens with zero attached hydrogens (tertiary/aromatic N) is 4. The van der Waals surface area contributed by atoms with Gasteiger partial charge in [-0.25, -0.2) is 9.78 Å². The minimum atomic E-state index is -0.352. The van der Waals surface area contributed by atoms with Crippen molar-refractivity contribution in [2.75, 3.05) is 38.1 Å². The van der Waals surface area contributed by atoms with E-state index >= 15 is 0 Å². The predicted molar refractivity (Wildman–Crippen MR) is 120 cm³/mol. The van der Waals surface area contributed by atoms with Crippen LogP contribution in [0.15, 0.2) is 58.0 Å². The van der Waals surface area contributed by atoms with Gasteiger partial charge >= 0.3 is 5.63 Å². The topological polar surface area (TPSA) is 54.0 Å². The minimum Gasteiger partial charge on any atom is -0.422 e. The van der Waals surface area contributed by atoms with E-state index in [4.69, 9.17) is 4.42 Å². The highest BCUT2D eigenvalue weighted by Crippen LogP contribution is 2.26. The Labute approximate surface area is 175 Å². The molecule has 6 heteroatoms. The molecule has 0 N–H and O–H groups in total. The van der Waals surface area contributed by atoms with Gasteiger partial charge in [-0.2, -0.15) is 0 Å². The smallest absolute Gasteiger partial charge is 0.345 e. The predicted octanol–water partition coefficient (Wildman–Crippen LogP) is 3.81. The Hall–Kier alpha value is -3.12. The molecule has 0 unspecified atom stereocenters. The molecular formula is C24H26N4O2. The van der Waals surface area contributed by atoms with Crippen molar-refractivity contribution in [1.82, 2.24) is 14.3 Å². The van der Waals surface area contributed by atoms with E-state index in [1.165, 1.54) is 5.56 Å². The second-order valence-corrected chi connectivity index (χ2v) is 8.10. The van der Waals surface area contributed by atoms with Gasteiger partial charge in [0.2, 0.25) is 0 Å². The fourth-order valence-corrected chi connectivity index (χ4v) is 4.16. The molecule has 30 heavy (non-hydrogen) atoms. The molecule has 0 radical (unpaired) electrons. The van der Waals surface area contributed by atoms with Gasteiger partial charge in [-0.3, -0.25) is 0 Å². The molecule has 0 saturated carbocycles. The van der Waals surface area contributed by atoms with Crippen LogP contribution in [0.3, 0.4) is 0 Å². The Bertz CT molecular complexity index is 1270. The van der Waals surface area contributed by atoms with Gasteiger partial charge in [0.25, 0.3) is 0 Å². The van der Waals surface area contributed by atoms with Crippen molar-refractivity contribution in [2.24, 2.45) is 0 Å². The number of benzene rings is 1. The first-order valence-electron chi connectivity index (χ1n) is 10.6. The number of hydrogen-bond donors (Lipinski definition) is 0. The van der Waals surface area contributed by atoms with E-state index in [1.807, 2.05) is 34.9 Å². The van der Waals surface area contributed by atoms with E-state index < -0.39 is 0 Å². The summed E-state index contributed by atoms with van der Waals surface area (Å²) < 4.78 is 7.70. The minimum absolute atomic E-state index is 0.352. The van der Waals surface area contributed by atoms with Crippen LogP contribution in [0.5, 0.6) is 0 Å². The van der Waals surface area contributed by atoms with Crippen LogP contribution in [0.2, 0.25) is 0 Å². The quantitative estimate of drug-likeness (QED) is 0.488. The highest BCUT2D eigenvalue weighted by molar-refractivity contribution is 5.84. The third-order valence-corrected chi connectivity index (χ3v) is 6.00. The third-order valence-electron chi connectivity index (χ3n) is 6.00. The van der Waals surface area contributed by atoms with Gasteiger partial charge in [0.05, 0.1) is 11.3 Å². The molecule has 1 aliphatic heterocycles. The normalized spacial score (nSPS) is 15.7. The van der Waals surface area contributed by atoms with E-state index in [-0.39, 0.29) is 5.63 Å². The zero-order chi connectivity index (χ0) is 20.7. The second kappa shape index (κ2) is 7.61. The average Bonchev–Trinajstić information content (AvgIpc) is 3.05. The maximum Gasteiger partial charge on any atom is 0.345 e. The van der Waals surface area contributed by atoms with Crippen LogP contribution in [-0.4, -0.2) is 47.5 Å². The number of pyridine rings is 1. The maximum atomic E-state index is 12.8. The molecule has 0 spiro atoms. The molecule has 3 aromatic heterocycles. The lowest BCUT2D eigenvalue weighted by molar-refractivity contribution is 0.360. The number of likely N-dealkylation sites (N-methyl/N-ethyl adjacent to an activating group) is 1. The zero-order valence-electron chi connectivity index (χ0n) is 17.5. The van der Waals surface area contributed by atoms with Gasteiger partial charge in [0.1, 0.15) is 11.2 Å². The molecular weight excluding hydrogens is 376 g/mol. The average molecular weight is 402 g/mol. The molecule has 0 aliphatic carbocycles. The van der Waals surface area contributed by atoms with Crippen molar-refractivity contribution in [3.05, 3.63) is 64.8 Å². The largest absolute Gasteiger partial charge is 0.422 e. The molecule has 4 aromatic rings. The Morgan fingerprint density at radius 3 is 2.80 bits per heavy atom. The van der Waals surface area contributed by atoms with Gasteiger partial charge in [0, 0.05) is 49.2 Å². The fraction of sp³-hybridized carbons (Fsp3) is 0.333. The van der Waals surface area contributed by atoms with Crippen molar-refractivity contribution in [2.45, 2.75) is 19.8 Å². The first-order valence-corrected chi connectivity index (χ1v) is 10.6. The molecule has 4 heterocycles. The van der Waals surface area contributed by atoms with Gasteiger partial charge in [0.15, 0.2) is 0 Å². The molecule has 154 valence electrons. The molecule has 0 atom stereocenters. The van der Waals surface area contributed by atoms with Crippen LogP contribution in [-0.2, 0) is 6.42 Å². The number of fused-ring (bicyclic) bond motifs is 2. The van der Waals surface area contributed by atoms with Crippen molar-refractivity contribution < 1.29 is 4.42 Å². The van der Waals surface area contributed by atoms with Crippen molar-refractivity contribution >= 4 is 22.3 Å². The number of rotatable bonds is 3. The summed E-state index contributed by atoms with van der Waals surface area (Å²) in [7, 11) is 2.16. The lowest BCUT2D eigenvalue weighted by Crippen LogP contribution is -2.28. The van der Waals surface area contributed by atoms with Crippen LogP contribution in [0.4, 0.5) is 5.69 Å². The summed E-state index contributed by atoms with van der Waals surface area (Å²) in [5.41, 5.74) is 4.55. The van der Waals surface area contributed by atoms with Crippen molar-refractivity contribution in [1.29, 1.82) is 0 Å². The van der Waals surface area contributed by atoms with E-state index in [9.17, 15) is 4.79 Å². The Morgan fingerprint density at radius 2 is 1.93 bits per heavy atom. The van der Waals surface area contributed by atoms with E-state index in [2.05, 4.69) is 47.1 Å². The maximum absolute atomic E-state index is 12.8. The third kappa shape index (κ3) is 3.48. The SMILES string of the molecule is CCc1ccc2nc(-c3cc4ccc(N5CCCN(C)CC5)cc4oc3=O)cn2c1. The van der Waals surface area contributed by atoms with Crippen LogP contribution >= 0.6 is 0 Å². The van der Waals surface area contributed by atoms with Crippen molar-refractivity contribution in [3.63, 3.8) is 0 Å². The number of aromatic nitrogens is 2.